The smallest absolute Gasteiger partial charge is 0.223 e. The molecule has 2 atom stereocenters. The Morgan fingerprint density at radius 2 is 2.15 bits per heavy atom. The molecule has 0 spiro atoms. The van der Waals surface area contributed by atoms with E-state index in [0.717, 1.165) is 32.6 Å². The van der Waals surface area contributed by atoms with E-state index < -0.39 is 0 Å². The van der Waals surface area contributed by atoms with Crippen LogP contribution in [0.3, 0.4) is 0 Å². The molecule has 6 nitrogen and oxygen atoms in total. The highest BCUT2D eigenvalue weighted by molar-refractivity contribution is 5.79. The number of amides is 1. The number of nitrogens with one attached hydrogen (secondary N) is 1. The zero-order valence-electron chi connectivity index (χ0n) is 16.4. The fourth-order valence-electron chi connectivity index (χ4n) is 4.15. The number of hydrogen-bond acceptors (Lipinski definition) is 3. The Hall–Kier alpha value is -2.08. The number of likely N-dealkylation sites (tertiary alicyclic amines) is 2. The molecule has 2 heterocycles. The van der Waals surface area contributed by atoms with E-state index in [1.165, 1.54) is 24.9 Å². The highest BCUT2D eigenvalue weighted by Crippen LogP contribution is 2.19. The van der Waals surface area contributed by atoms with Gasteiger partial charge in [-0.25, -0.2) is 0 Å². The molecule has 0 bridgehead atoms. The first-order valence-electron chi connectivity index (χ1n) is 10.2. The van der Waals surface area contributed by atoms with Gasteiger partial charge in [0.15, 0.2) is 5.96 Å². The largest absolute Gasteiger partial charge is 0.370 e. The lowest BCUT2D eigenvalue weighted by Crippen LogP contribution is -2.43. The highest BCUT2D eigenvalue weighted by Gasteiger charge is 2.29. The fraction of sp³-hybridized carbons (Fsp3) is 0.619. The van der Waals surface area contributed by atoms with Gasteiger partial charge in [-0.05, 0) is 37.9 Å². The Kier molecular flexibility index (Phi) is 7.10. The molecule has 2 aliphatic heterocycles. The molecule has 0 aliphatic carbocycles. The van der Waals surface area contributed by atoms with Gasteiger partial charge >= 0.3 is 0 Å². The summed E-state index contributed by atoms with van der Waals surface area (Å²) < 4.78 is 0. The standard InChI is InChI=1S/C21H33N5O/c1-2-25-11-6-9-19(25)15-24-21(22)23-14-18-13-20(27)26(16-18)12-10-17-7-4-3-5-8-17/h3-5,7-8,18-19H,2,6,9-16H2,1H3,(H3,22,23,24). The van der Waals surface area contributed by atoms with Crippen molar-refractivity contribution in [2.75, 3.05) is 39.3 Å². The van der Waals surface area contributed by atoms with E-state index in [2.05, 4.69) is 34.3 Å². The van der Waals surface area contributed by atoms with Crippen LogP contribution in [0.1, 0.15) is 31.7 Å². The number of nitrogens with zero attached hydrogens (tertiary/aromatic N) is 3. The number of rotatable bonds is 8. The van der Waals surface area contributed by atoms with Gasteiger partial charge in [-0.15, -0.1) is 0 Å². The minimum absolute atomic E-state index is 0.238. The van der Waals surface area contributed by atoms with Gasteiger partial charge < -0.3 is 16.0 Å². The van der Waals surface area contributed by atoms with Crippen LogP contribution < -0.4 is 11.1 Å². The summed E-state index contributed by atoms with van der Waals surface area (Å²) >= 11 is 0. The number of aliphatic imine (C=N–C) groups is 1. The van der Waals surface area contributed by atoms with Gasteiger partial charge in [0, 0.05) is 44.6 Å². The van der Waals surface area contributed by atoms with Crippen molar-refractivity contribution in [1.82, 2.24) is 15.1 Å². The molecular formula is C21H33N5O. The lowest BCUT2D eigenvalue weighted by molar-refractivity contribution is -0.127. The van der Waals surface area contributed by atoms with Crippen molar-refractivity contribution in [3.05, 3.63) is 35.9 Å². The Balaban J connectivity index is 1.39. The van der Waals surface area contributed by atoms with Crippen LogP contribution in [0.25, 0.3) is 0 Å². The van der Waals surface area contributed by atoms with Crippen molar-refractivity contribution in [2.45, 2.75) is 38.6 Å². The summed E-state index contributed by atoms with van der Waals surface area (Å²) in [6.07, 6.45) is 3.97. The second-order valence-corrected chi connectivity index (χ2v) is 7.68. The molecule has 2 saturated heterocycles. The van der Waals surface area contributed by atoms with Crippen LogP contribution in [0.4, 0.5) is 0 Å². The van der Waals surface area contributed by atoms with Crippen molar-refractivity contribution in [3.63, 3.8) is 0 Å². The van der Waals surface area contributed by atoms with Crippen LogP contribution in [0.5, 0.6) is 0 Å². The minimum atomic E-state index is 0.238. The van der Waals surface area contributed by atoms with E-state index in [0.29, 0.717) is 25.0 Å². The number of carbonyl (C=O) groups excluding carboxylic acids is 1. The maximum Gasteiger partial charge on any atom is 0.223 e. The van der Waals surface area contributed by atoms with Crippen LogP contribution in [-0.4, -0.2) is 67.0 Å². The van der Waals surface area contributed by atoms with Crippen LogP contribution in [0.15, 0.2) is 35.3 Å². The zero-order valence-corrected chi connectivity index (χ0v) is 16.4. The molecule has 27 heavy (non-hydrogen) atoms. The van der Waals surface area contributed by atoms with Gasteiger partial charge in [-0.1, -0.05) is 37.3 Å². The molecule has 6 heteroatoms. The van der Waals surface area contributed by atoms with Crippen LogP contribution in [0, 0.1) is 5.92 Å². The lowest BCUT2D eigenvalue weighted by atomic mass is 10.1. The molecule has 1 amide bonds. The third kappa shape index (κ3) is 5.70. The molecule has 148 valence electrons. The average molecular weight is 372 g/mol. The zero-order chi connectivity index (χ0) is 19.1. The second-order valence-electron chi connectivity index (χ2n) is 7.68. The van der Waals surface area contributed by atoms with Crippen LogP contribution in [0.2, 0.25) is 0 Å². The van der Waals surface area contributed by atoms with Gasteiger partial charge in [-0.3, -0.25) is 14.7 Å². The summed E-state index contributed by atoms with van der Waals surface area (Å²) in [6, 6.07) is 10.9. The van der Waals surface area contributed by atoms with Gasteiger partial charge in [0.25, 0.3) is 0 Å². The first-order valence-corrected chi connectivity index (χ1v) is 10.2. The first kappa shape index (κ1) is 19.7. The molecule has 0 saturated carbocycles. The Morgan fingerprint density at radius 1 is 1.33 bits per heavy atom. The third-order valence-corrected chi connectivity index (χ3v) is 5.75. The minimum Gasteiger partial charge on any atom is -0.370 e. The monoisotopic (exact) mass is 371 g/mol. The number of hydrogen-bond donors (Lipinski definition) is 2. The van der Waals surface area contributed by atoms with Crippen molar-refractivity contribution in [2.24, 2.45) is 16.6 Å². The summed E-state index contributed by atoms with van der Waals surface area (Å²) in [5.74, 6) is 1.02. The number of guanidine groups is 1. The summed E-state index contributed by atoms with van der Waals surface area (Å²) in [4.78, 5) is 21.2. The van der Waals surface area contributed by atoms with Crippen LogP contribution in [-0.2, 0) is 11.2 Å². The number of benzene rings is 1. The SMILES string of the molecule is CCN1CCCC1CNC(N)=NCC1CC(=O)N(CCc2ccccc2)C1. The number of nitrogens with two attached hydrogens (primary N) is 1. The second kappa shape index (κ2) is 9.74. The van der Waals surface area contributed by atoms with Crippen LogP contribution >= 0.6 is 0 Å². The van der Waals surface area contributed by atoms with Crippen molar-refractivity contribution in [1.29, 1.82) is 0 Å². The predicted octanol–water partition coefficient (Wildman–Crippen LogP) is 1.47. The lowest BCUT2D eigenvalue weighted by Gasteiger charge is -2.23. The van der Waals surface area contributed by atoms with Crippen molar-refractivity contribution >= 4 is 11.9 Å². The van der Waals surface area contributed by atoms with E-state index in [4.69, 9.17) is 5.73 Å². The molecule has 2 unspecified atom stereocenters. The Morgan fingerprint density at radius 3 is 2.93 bits per heavy atom. The van der Waals surface area contributed by atoms with E-state index in [1.807, 2.05) is 23.1 Å². The average Bonchev–Trinajstić information content (AvgIpc) is 3.29. The van der Waals surface area contributed by atoms with E-state index in [9.17, 15) is 4.79 Å². The van der Waals surface area contributed by atoms with Gasteiger partial charge in [-0.2, -0.15) is 0 Å². The van der Waals surface area contributed by atoms with Gasteiger partial charge in [0.05, 0.1) is 0 Å². The summed E-state index contributed by atoms with van der Waals surface area (Å²) in [5, 5.41) is 3.27. The highest BCUT2D eigenvalue weighted by atomic mass is 16.2. The van der Waals surface area contributed by atoms with E-state index in [1.54, 1.807) is 0 Å². The maximum absolute atomic E-state index is 12.2. The Labute approximate surface area is 162 Å². The normalized spacial score (nSPS) is 24.0. The third-order valence-electron chi connectivity index (χ3n) is 5.75. The maximum atomic E-state index is 12.2. The van der Waals surface area contributed by atoms with Gasteiger partial charge in [0.2, 0.25) is 5.91 Å². The molecule has 1 aromatic rings. The molecular weight excluding hydrogens is 338 g/mol. The van der Waals surface area contributed by atoms with E-state index >= 15 is 0 Å². The number of carbonyl (C=O) groups is 1. The molecule has 1 aromatic carbocycles. The van der Waals surface area contributed by atoms with Gasteiger partial charge in [0.1, 0.15) is 0 Å². The quantitative estimate of drug-likeness (QED) is 0.536. The fourth-order valence-corrected chi connectivity index (χ4v) is 4.15. The molecule has 0 aromatic heterocycles. The molecule has 3 rings (SSSR count). The molecule has 0 radical (unpaired) electrons. The molecule has 2 fully saturated rings. The molecule has 3 N–H and O–H groups in total. The van der Waals surface area contributed by atoms with E-state index in [-0.39, 0.29) is 11.8 Å². The predicted molar refractivity (Wildman–Crippen MR) is 110 cm³/mol. The summed E-state index contributed by atoms with van der Waals surface area (Å²) in [5.41, 5.74) is 7.31. The summed E-state index contributed by atoms with van der Waals surface area (Å²) in [6.45, 7) is 7.52. The summed E-state index contributed by atoms with van der Waals surface area (Å²) in [7, 11) is 0. The molecule has 2 aliphatic rings. The first-order chi connectivity index (χ1) is 13.2. The van der Waals surface area contributed by atoms with Crippen molar-refractivity contribution in [3.8, 4) is 0 Å². The Bertz CT molecular complexity index is 633. The van der Waals surface area contributed by atoms with Crippen molar-refractivity contribution < 1.29 is 4.79 Å². The topological polar surface area (TPSA) is 74.0 Å². The number of likely N-dealkylation sites (N-methyl/N-ethyl adjacent to an activating group) is 1.